The van der Waals surface area contributed by atoms with Crippen molar-refractivity contribution in [3.63, 3.8) is 0 Å². The standard InChI is InChI=1S/C17H24F3NO6/c1-11(2)16(4,8-15(3,9-21)6-5-12(22)23)14(25)26-7-13(24)27-10-17(18,19)20/h11H,5-8,10H2,1-4H3,(H,22,23). The monoisotopic (exact) mass is 395 g/mol. The molecule has 0 bridgehead atoms. The number of alkyl halides is 3. The molecule has 0 radical (unpaired) electrons. The quantitative estimate of drug-likeness (QED) is 0.565. The first-order valence-corrected chi connectivity index (χ1v) is 8.18. The van der Waals surface area contributed by atoms with Crippen molar-refractivity contribution in [2.75, 3.05) is 13.2 Å². The molecule has 154 valence electrons. The lowest BCUT2D eigenvalue weighted by Gasteiger charge is -2.36. The number of carbonyl (C=O) groups is 3. The molecule has 0 aromatic heterocycles. The van der Waals surface area contributed by atoms with Crippen LogP contribution in [0.3, 0.4) is 0 Å². The molecule has 0 aromatic carbocycles. The number of nitrogens with zero attached hydrogens (tertiary/aromatic N) is 1. The molecule has 0 spiro atoms. The summed E-state index contributed by atoms with van der Waals surface area (Å²) in [4.78, 5) is 34.5. The Morgan fingerprint density at radius 1 is 1.15 bits per heavy atom. The van der Waals surface area contributed by atoms with E-state index in [0.29, 0.717) is 0 Å². The molecule has 10 heteroatoms. The minimum atomic E-state index is -4.69. The predicted octanol–water partition coefficient (Wildman–Crippen LogP) is 3.08. The highest BCUT2D eigenvalue weighted by molar-refractivity contribution is 5.80. The van der Waals surface area contributed by atoms with Crippen molar-refractivity contribution in [3.05, 3.63) is 0 Å². The number of aliphatic carboxylic acids is 1. The van der Waals surface area contributed by atoms with E-state index in [-0.39, 0.29) is 25.2 Å². The Labute approximate surface area is 155 Å². The first kappa shape index (κ1) is 24.7. The second-order valence-electron chi connectivity index (χ2n) is 7.17. The number of nitriles is 1. The van der Waals surface area contributed by atoms with Crippen LogP contribution >= 0.6 is 0 Å². The SMILES string of the molecule is CC(C)C(C)(CC(C)(C#N)CCC(=O)O)C(=O)OCC(=O)OCC(F)(F)F. The molecule has 0 aliphatic carbocycles. The fourth-order valence-corrected chi connectivity index (χ4v) is 2.38. The van der Waals surface area contributed by atoms with E-state index in [2.05, 4.69) is 4.74 Å². The average molecular weight is 395 g/mol. The van der Waals surface area contributed by atoms with Crippen LogP contribution in [0.1, 0.15) is 47.0 Å². The van der Waals surface area contributed by atoms with E-state index in [0.717, 1.165) is 0 Å². The molecule has 0 aliphatic heterocycles. The molecule has 1 N–H and O–H groups in total. The smallest absolute Gasteiger partial charge is 0.422 e. The molecule has 0 saturated carbocycles. The number of esters is 2. The highest BCUT2D eigenvalue weighted by Crippen LogP contribution is 2.42. The third-order valence-corrected chi connectivity index (χ3v) is 4.38. The van der Waals surface area contributed by atoms with E-state index in [9.17, 15) is 32.8 Å². The fourth-order valence-electron chi connectivity index (χ4n) is 2.38. The lowest BCUT2D eigenvalue weighted by Crippen LogP contribution is -2.40. The molecule has 0 heterocycles. The van der Waals surface area contributed by atoms with Crippen LogP contribution in [0.2, 0.25) is 0 Å². The Hall–Kier alpha value is -2.31. The van der Waals surface area contributed by atoms with Crippen LogP contribution in [0, 0.1) is 28.1 Å². The van der Waals surface area contributed by atoms with E-state index < -0.39 is 48.1 Å². The van der Waals surface area contributed by atoms with Gasteiger partial charge in [0.05, 0.1) is 16.9 Å². The van der Waals surface area contributed by atoms with Gasteiger partial charge in [0.1, 0.15) is 0 Å². The Morgan fingerprint density at radius 3 is 2.11 bits per heavy atom. The highest BCUT2D eigenvalue weighted by atomic mass is 19.4. The summed E-state index contributed by atoms with van der Waals surface area (Å²) in [7, 11) is 0. The van der Waals surface area contributed by atoms with Gasteiger partial charge in [0.15, 0.2) is 13.2 Å². The highest BCUT2D eigenvalue weighted by Gasteiger charge is 2.45. The van der Waals surface area contributed by atoms with Crippen LogP contribution in [0.4, 0.5) is 13.2 Å². The van der Waals surface area contributed by atoms with Crippen LogP contribution in [0.5, 0.6) is 0 Å². The normalized spacial score (nSPS) is 16.0. The number of hydrogen-bond acceptors (Lipinski definition) is 6. The van der Waals surface area contributed by atoms with Crippen molar-refractivity contribution in [2.24, 2.45) is 16.7 Å². The van der Waals surface area contributed by atoms with Gasteiger partial charge in [0.2, 0.25) is 0 Å². The zero-order valence-corrected chi connectivity index (χ0v) is 15.7. The van der Waals surface area contributed by atoms with E-state index in [1.165, 1.54) is 13.8 Å². The Bertz CT molecular complexity index is 598. The second-order valence-corrected chi connectivity index (χ2v) is 7.17. The van der Waals surface area contributed by atoms with Crippen LogP contribution < -0.4 is 0 Å². The van der Waals surface area contributed by atoms with Gasteiger partial charge in [0, 0.05) is 6.42 Å². The van der Waals surface area contributed by atoms with E-state index in [1.54, 1.807) is 13.8 Å². The minimum absolute atomic E-state index is 0.00203. The molecular weight excluding hydrogens is 371 g/mol. The summed E-state index contributed by atoms with van der Waals surface area (Å²) in [5.41, 5.74) is -2.40. The van der Waals surface area contributed by atoms with Gasteiger partial charge in [-0.05, 0) is 32.6 Å². The number of carbonyl (C=O) groups excluding carboxylic acids is 2. The summed E-state index contributed by atoms with van der Waals surface area (Å²) < 4.78 is 44.8. The summed E-state index contributed by atoms with van der Waals surface area (Å²) in [6.45, 7) is 3.59. The zero-order chi connectivity index (χ0) is 21.5. The van der Waals surface area contributed by atoms with Crippen molar-refractivity contribution < 1.29 is 42.1 Å². The molecule has 0 aliphatic rings. The summed E-state index contributed by atoms with van der Waals surface area (Å²) in [6, 6.07) is 2.01. The molecule has 27 heavy (non-hydrogen) atoms. The molecule has 0 rings (SSSR count). The van der Waals surface area contributed by atoms with E-state index in [4.69, 9.17) is 9.84 Å². The number of carboxylic acid groups (broad SMARTS) is 1. The maximum Gasteiger partial charge on any atom is 0.422 e. The average Bonchev–Trinajstić information content (AvgIpc) is 2.55. The van der Waals surface area contributed by atoms with Crippen molar-refractivity contribution in [3.8, 4) is 6.07 Å². The molecule has 0 amide bonds. The van der Waals surface area contributed by atoms with E-state index >= 15 is 0 Å². The van der Waals surface area contributed by atoms with Crippen molar-refractivity contribution >= 4 is 17.9 Å². The van der Waals surface area contributed by atoms with E-state index in [1.807, 2.05) is 6.07 Å². The molecule has 0 fully saturated rings. The summed E-state index contributed by atoms with van der Waals surface area (Å²) in [5, 5.41) is 18.2. The molecule has 7 nitrogen and oxygen atoms in total. The Kier molecular flexibility index (Phi) is 8.76. The second kappa shape index (κ2) is 9.58. The zero-order valence-electron chi connectivity index (χ0n) is 15.7. The van der Waals surface area contributed by atoms with Gasteiger partial charge in [-0.25, -0.2) is 4.79 Å². The first-order chi connectivity index (χ1) is 12.1. The Morgan fingerprint density at radius 2 is 1.70 bits per heavy atom. The van der Waals surface area contributed by atoms with Crippen LogP contribution in [0.25, 0.3) is 0 Å². The summed E-state index contributed by atoms with van der Waals surface area (Å²) in [5.74, 6) is -3.66. The number of halogens is 3. The first-order valence-electron chi connectivity index (χ1n) is 8.18. The topological polar surface area (TPSA) is 114 Å². The molecule has 0 aromatic rings. The van der Waals surface area contributed by atoms with Gasteiger partial charge in [0.25, 0.3) is 0 Å². The fraction of sp³-hybridized carbons (Fsp3) is 0.765. The van der Waals surface area contributed by atoms with Crippen LogP contribution in [-0.2, 0) is 23.9 Å². The third-order valence-electron chi connectivity index (χ3n) is 4.38. The van der Waals surface area contributed by atoms with Crippen LogP contribution in [-0.4, -0.2) is 42.4 Å². The van der Waals surface area contributed by atoms with Crippen molar-refractivity contribution in [2.45, 2.75) is 53.1 Å². The Balaban J connectivity index is 5.06. The number of rotatable bonds is 10. The van der Waals surface area contributed by atoms with Gasteiger partial charge in [-0.15, -0.1) is 0 Å². The number of carboxylic acids is 1. The predicted molar refractivity (Wildman–Crippen MR) is 86.1 cm³/mol. The van der Waals surface area contributed by atoms with Crippen LogP contribution in [0.15, 0.2) is 0 Å². The van der Waals surface area contributed by atoms with Crippen molar-refractivity contribution in [1.29, 1.82) is 5.26 Å². The van der Waals surface area contributed by atoms with Gasteiger partial charge in [-0.3, -0.25) is 9.59 Å². The molecule has 2 unspecified atom stereocenters. The maximum atomic E-state index is 12.5. The lowest BCUT2D eigenvalue weighted by atomic mass is 9.66. The third kappa shape index (κ3) is 8.75. The summed E-state index contributed by atoms with van der Waals surface area (Å²) in [6.07, 6.45) is -5.00. The largest absolute Gasteiger partial charge is 0.481 e. The van der Waals surface area contributed by atoms with Gasteiger partial charge in [-0.2, -0.15) is 18.4 Å². The molecule has 0 saturated heterocycles. The minimum Gasteiger partial charge on any atom is -0.481 e. The lowest BCUT2D eigenvalue weighted by molar-refractivity contribution is -0.191. The molecular formula is C17H24F3NO6. The van der Waals surface area contributed by atoms with Gasteiger partial charge in [-0.1, -0.05) is 13.8 Å². The number of ether oxygens (including phenoxy) is 2. The van der Waals surface area contributed by atoms with Crippen molar-refractivity contribution in [1.82, 2.24) is 0 Å². The number of hydrogen-bond donors (Lipinski definition) is 1. The maximum absolute atomic E-state index is 12.5. The summed E-state index contributed by atoms with van der Waals surface area (Å²) >= 11 is 0. The van der Waals surface area contributed by atoms with Gasteiger partial charge < -0.3 is 14.6 Å². The van der Waals surface area contributed by atoms with Gasteiger partial charge >= 0.3 is 24.1 Å². The molecule has 2 atom stereocenters.